The number of rotatable bonds is 8. The summed E-state index contributed by atoms with van der Waals surface area (Å²) in [6.45, 7) is 9.79. The highest BCUT2D eigenvalue weighted by Gasteiger charge is 2.11. The average molecular weight is 252 g/mol. The molecule has 0 aliphatic rings. The van der Waals surface area contributed by atoms with Gasteiger partial charge in [-0.15, -0.1) is 0 Å². The molecule has 0 aliphatic heterocycles. The molecule has 0 aromatic carbocycles. The van der Waals surface area contributed by atoms with Gasteiger partial charge in [0, 0.05) is 13.6 Å². The molecule has 0 saturated heterocycles. The summed E-state index contributed by atoms with van der Waals surface area (Å²) in [5.74, 6) is 0.873. The van der Waals surface area contributed by atoms with Gasteiger partial charge in [-0.3, -0.25) is 4.68 Å². The van der Waals surface area contributed by atoms with E-state index in [1.165, 1.54) is 0 Å². The van der Waals surface area contributed by atoms with Crippen molar-refractivity contribution in [2.45, 2.75) is 26.7 Å². The second-order valence-corrected chi connectivity index (χ2v) is 4.52. The lowest BCUT2D eigenvalue weighted by Gasteiger charge is -2.08. The SMILES string of the molecule is C=C(C)COCCNc1c(N)c(CCC)nn1C. The topological polar surface area (TPSA) is 65.1 Å². The second kappa shape index (κ2) is 7.06. The molecule has 1 aromatic heterocycles. The molecule has 0 radical (unpaired) electrons. The number of aromatic nitrogens is 2. The minimum atomic E-state index is 0.601. The Bertz CT molecular complexity index is 398. The maximum Gasteiger partial charge on any atom is 0.147 e. The minimum Gasteiger partial charge on any atom is -0.394 e. The molecular formula is C13H24N4O. The summed E-state index contributed by atoms with van der Waals surface area (Å²) < 4.78 is 7.21. The Labute approximate surface area is 109 Å². The first kappa shape index (κ1) is 14.6. The van der Waals surface area contributed by atoms with Gasteiger partial charge in [0.15, 0.2) is 0 Å². The molecule has 18 heavy (non-hydrogen) atoms. The predicted molar refractivity (Wildman–Crippen MR) is 75.7 cm³/mol. The summed E-state index contributed by atoms with van der Waals surface area (Å²) in [7, 11) is 1.90. The fraction of sp³-hybridized carbons (Fsp3) is 0.615. The van der Waals surface area contributed by atoms with E-state index >= 15 is 0 Å². The molecular weight excluding hydrogens is 228 g/mol. The van der Waals surface area contributed by atoms with E-state index in [9.17, 15) is 0 Å². The number of anilines is 2. The first-order valence-electron chi connectivity index (χ1n) is 6.33. The van der Waals surface area contributed by atoms with Crippen LogP contribution in [0.2, 0.25) is 0 Å². The molecule has 5 heteroatoms. The number of aryl methyl sites for hydroxylation is 2. The lowest BCUT2D eigenvalue weighted by molar-refractivity contribution is 0.167. The molecule has 102 valence electrons. The normalized spacial score (nSPS) is 10.6. The number of hydrogen-bond acceptors (Lipinski definition) is 4. The van der Waals surface area contributed by atoms with Crippen molar-refractivity contribution < 1.29 is 4.74 Å². The molecule has 1 aromatic rings. The fourth-order valence-corrected chi connectivity index (χ4v) is 1.72. The van der Waals surface area contributed by atoms with E-state index in [4.69, 9.17) is 10.5 Å². The van der Waals surface area contributed by atoms with E-state index in [0.717, 1.165) is 35.6 Å². The predicted octanol–water partition coefficient (Wildman–Crippen LogP) is 1.96. The van der Waals surface area contributed by atoms with Crippen LogP contribution in [-0.2, 0) is 18.2 Å². The summed E-state index contributed by atoms with van der Waals surface area (Å²) in [6.07, 6.45) is 1.95. The standard InChI is InChI=1S/C13H24N4O/c1-5-6-11-12(14)13(17(4)16-11)15-7-8-18-9-10(2)3/h15H,2,5-9,14H2,1,3-4H3. The van der Waals surface area contributed by atoms with E-state index in [-0.39, 0.29) is 0 Å². The minimum absolute atomic E-state index is 0.601. The first-order valence-corrected chi connectivity index (χ1v) is 6.33. The van der Waals surface area contributed by atoms with Crippen molar-refractivity contribution in [1.82, 2.24) is 9.78 Å². The molecule has 3 N–H and O–H groups in total. The maximum atomic E-state index is 6.05. The van der Waals surface area contributed by atoms with Crippen LogP contribution in [0.1, 0.15) is 26.0 Å². The summed E-state index contributed by atoms with van der Waals surface area (Å²) in [5.41, 5.74) is 8.79. The van der Waals surface area contributed by atoms with Crippen LogP contribution in [0, 0.1) is 0 Å². The third kappa shape index (κ3) is 4.07. The second-order valence-electron chi connectivity index (χ2n) is 4.52. The number of hydrogen-bond donors (Lipinski definition) is 2. The van der Waals surface area contributed by atoms with Crippen molar-refractivity contribution in [2.24, 2.45) is 7.05 Å². The fourth-order valence-electron chi connectivity index (χ4n) is 1.72. The van der Waals surface area contributed by atoms with Gasteiger partial charge >= 0.3 is 0 Å². The Morgan fingerprint density at radius 2 is 2.28 bits per heavy atom. The van der Waals surface area contributed by atoms with Crippen LogP contribution in [0.25, 0.3) is 0 Å². The van der Waals surface area contributed by atoms with E-state index in [2.05, 4.69) is 23.9 Å². The van der Waals surface area contributed by atoms with E-state index in [1.54, 1.807) is 4.68 Å². The Morgan fingerprint density at radius 3 is 2.89 bits per heavy atom. The molecule has 0 atom stereocenters. The molecule has 5 nitrogen and oxygen atoms in total. The molecule has 0 aliphatic carbocycles. The van der Waals surface area contributed by atoms with Gasteiger partial charge < -0.3 is 15.8 Å². The zero-order valence-electron chi connectivity index (χ0n) is 11.6. The zero-order valence-corrected chi connectivity index (χ0v) is 11.6. The number of nitrogens with two attached hydrogens (primary N) is 1. The van der Waals surface area contributed by atoms with Gasteiger partial charge in [0.05, 0.1) is 24.6 Å². The third-order valence-electron chi connectivity index (χ3n) is 2.53. The number of ether oxygens (including phenoxy) is 1. The molecule has 0 fully saturated rings. The van der Waals surface area contributed by atoms with Gasteiger partial charge in [-0.1, -0.05) is 25.5 Å². The van der Waals surface area contributed by atoms with Crippen molar-refractivity contribution >= 4 is 11.5 Å². The van der Waals surface area contributed by atoms with Crippen LogP contribution in [0.15, 0.2) is 12.2 Å². The maximum absolute atomic E-state index is 6.05. The summed E-state index contributed by atoms with van der Waals surface area (Å²) in [5, 5.41) is 7.66. The quantitative estimate of drug-likeness (QED) is 0.548. The molecule has 0 bridgehead atoms. The Kier molecular flexibility index (Phi) is 5.71. The molecule has 1 heterocycles. The van der Waals surface area contributed by atoms with Crippen LogP contribution in [0.5, 0.6) is 0 Å². The number of nitrogens with zero attached hydrogens (tertiary/aromatic N) is 2. The summed E-state index contributed by atoms with van der Waals surface area (Å²) in [4.78, 5) is 0. The molecule has 0 unspecified atom stereocenters. The summed E-state index contributed by atoms with van der Waals surface area (Å²) >= 11 is 0. The molecule has 1 rings (SSSR count). The highest BCUT2D eigenvalue weighted by atomic mass is 16.5. The van der Waals surface area contributed by atoms with Gasteiger partial charge in [-0.05, 0) is 13.3 Å². The van der Waals surface area contributed by atoms with Gasteiger partial charge in [0.2, 0.25) is 0 Å². The van der Waals surface area contributed by atoms with Gasteiger partial charge in [0.1, 0.15) is 5.82 Å². The van der Waals surface area contributed by atoms with E-state index < -0.39 is 0 Å². The Morgan fingerprint density at radius 1 is 1.56 bits per heavy atom. The average Bonchev–Trinajstić information content (AvgIpc) is 2.56. The van der Waals surface area contributed by atoms with Crippen molar-refractivity contribution in [1.29, 1.82) is 0 Å². The summed E-state index contributed by atoms with van der Waals surface area (Å²) in [6, 6.07) is 0. The molecule has 0 amide bonds. The smallest absolute Gasteiger partial charge is 0.147 e. The monoisotopic (exact) mass is 252 g/mol. The van der Waals surface area contributed by atoms with Gasteiger partial charge in [-0.2, -0.15) is 5.10 Å². The van der Waals surface area contributed by atoms with Crippen molar-refractivity contribution in [3.05, 3.63) is 17.8 Å². The lowest BCUT2D eigenvalue weighted by Crippen LogP contribution is -2.13. The van der Waals surface area contributed by atoms with Crippen LogP contribution >= 0.6 is 0 Å². The Hall–Kier alpha value is -1.49. The highest BCUT2D eigenvalue weighted by molar-refractivity contribution is 5.65. The Balaban J connectivity index is 2.44. The lowest BCUT2D eigenvalue weighted by atomic mass is 10.2. The molecule has 0 spiro atoms. The van der Waals surface area contributed by atoms with Crippen molar-refractivity contribution in [3.63, 3.8) is 0 Å². The van der Waals surface area contributed by atoms with E-state index in [0.29, 0.717) is 19.8 Å². The van der Waals surface area contributed by atoms with Crippen LogP contribution < -0.4 is 11.1 Å². The third-order valence-corrected chi connectivity index (χ3v) is 2.53. The number of nitrogen functional groups attached to an aromatic ring is 1. The largest absolute Gasteiger partial charge is 0.394 e. The van der Waals surface area contributed by atoms with Crippen LogP contribution in [-0.4, -0.2) is 29.5 Å². The van der Waals surface area contributed by atoms with Crippen molar-refractivity contribution in [2.75, 3.05) is 30.8 Å². The zero-order chi connectivity index (χ0) is 13.5. The molecule has 0 saturated carbocycles. The van der Waals surface area contributed by atoms with Crippen LogP contribution in [0.4, 0.5) is 11.5 Å². The highest BCUT2D eigenvalue weighted by Crippen LogP contribution is 2.22. The van der Waals surface area contributed by atoms with Gasteiger partial charge in [-0.25, -0.2) is 0 Å². The van der Waals surface area contributed by atoms with E-state index in [1.807, 2.05) is 14.0 Å². The van der Waals surface area contributed by atoms with Crippen LogP contribution in [0.3, 0.4) is 0 Å². The number of nitrogens with one attached hydrogen (secondary N) is 1. The first-order chi connectivity index (χ1) is 8.56. The van der Waals surface area contributed by atoms with Crippen molar-refractivity contribution in [3.8, 4) is 0 Å². The van der Waals surface area contributed by atoms with Gasteiger partial charge in [0.25, 0.3) is 0 Å².